The molecule has 8 heteroatoms. The summed E-state index contributed by atoms with van der Waals surface area (Å²) < 4.78 is 26.0. The van der Waals surface area contributed by atoms with E-state index in [-0.39, 0.29) is 11.7 Å². The van der Waals surface area contributed by atoms with Crippen LogP contribution in [0.2, 0.25) is 0 Å². The SMILES string of the molecule is CC(C)c1nc(C2CC2)cc(-c2ccc(F)cc2)c1C=CP(=O)(O)CC(=O)CC(=O)O. The van der Waals surface area contributed by atoms with E-state index in [0.29, 0.717) is 11.5 Å². The number of nitrogens with zero attached hydrogens (tertiary/aromatic N) is 1. The Morgan fingerprint density at radius 3 is 2.45 bits per heavy atom. The molecular formula is C23H25FNO5P. The number of aliphatic carboxylic acids is 1. The molecule has 6 nitrogen and oxygen atoms in total. The minimum absolute atomic E-state index is 0.0178. The number of Topliss-reactive ketones (excluding diaryl/α,β-unsaturated/α-hetero) is 1. The highest BCUT2D eigenvalue weighted by Gasteiger charge is 2.28. The Morgan fingerprint density at radius 1 is 1.26 bits per heavy atom. The Bertz CT molecular complexity index is 1070. The molecule has 1 atom stereocenters. The lowest BCUT2D eigenvalue weighted by atomic mass is 9.93. The van der Waals surface area contributed by atoms with Crippen LogP contribution in [0.4, 0.5) is 4.39 Å². The second-order valence-corrected chi connectivity index (χ2v) is 10.3. The molecule has 0 radical (unpaired) electrons. The number of ketones is 1. The first kappa shape index (κ1) is 23.0. The van der Waals surface area contributed by atoms with Crippen molar-refractivity contribution in [3.8, 4) is 11.1 Å². The Kier molecular flexibility index (Phi) is 6.87. The number of hydrogen-bond acceptors (Lipinski definition) is 4. The summed E-state index contributed by atoms with van der Waals surface area (Å²) in [7, 11) is -4.04. The van der Waals surface area contributed by atoms with Gasteiger partial charge in [0.15, 0.2) is 5.78 Å². The molecule has 1 fully saturated rings. The van der Waals surface area contributed by atoms with Crippen molar-refractivity contribution in [3.05, 3.63) is 58.9 Å². The third kappa shape index (κ3) is 6.18. The summed E-state index contributed by atoms with van der Waals surface area (Å²) in [6.07, 6.45) is 2.05. The van der Waals surface area contributed by atoms with Gasteiger partial charge in [0.1, 0.15) is 12.2 Å². The van der Waals surface area contributed by atoms with Gasteiger partial charge in [0.2, 0.25) is 7.37 Å². The quantitative estimate of drug-likeness (QED) is 0.407. The fourth-order valence-electron chi connectivity index (χ4n) is 3.39. The Labute approximate surface area is 180 Å². The Hall–Kier alpha value is -2.63. The lowest BCUT2D eigenvalue weighted by molar-refractivity contribution is -0.139. The number of carbonyl (C=O) groups is 2. The van der Waals surface area contributed by atoms with Gasteiger partial charge in [-0.1, -0.05) is 26.0 Å². The van der Waals surface area contributed by atoms with Gasteiger partial charge in [0.05, 0.1) is 11.9 Å². The van der Waals surface area contributed by atoms with E-state index in [9.17, 15) is 23.4 Å². The molecule has 1 saturated carbocycles. The number of hydrogen-bond donors (Lipinski definition) is 2. The first-order valence-corrected chi connectivity index (χ1v) is 12.0. The number of pyridine rings is 1. The van der Waals surface area contributed by atoms with Gasteiger partial charge < -0.3 is 10.00 Å². The molecule has 31 heavy (non-hydrogen) atoms. The third-order valence-electron chi connectivity index (χ3n) is 5.03. The van der Waals surface area contributed by atoms with E-state index in [0.717, 1.165) is 41.2 Å². The highest BCUT2D eigenvalue weighted by Crippen LogP contribution is 2.45. The summed E-state index contributed by atoms with van der Waals surface area (Å²) in [6.45, 7) is 3.94. The lowest BCUT2D eigenvalue weighted by Crippen LogP contribution is -2.10. The second-order valence-electron chi connectivity index (χ2n) is 8.17. The second kappa shape index (κ2) is 9.25. The number of carboxylic acids is 1. The van der Waals surface area contributed by atoms with Crippen LogP contribution in [0.25, 0.3) is 17.2 Å². The van der Waals surface area contributed by atoms with Crippen LogP contribution in [0.3, 0.4) is 0 Å². The molecule has 0 saturated heterocycles. The monoisotopic (exact) mass is 445 g/mol. The van der Waals surface area contributed by atoms with Crippen molar-refractivity contribution in [1.29, 1.82) is 0 Å². The van der Waals surface area contributed by atoms with Crippen LogP contribution in [0, 0.1) is 5.82 Å². The van der Waals surface area contributed by atoms with Crippen LogP contribution in [0.5, 0.6) is 0 Å². The zero-order valence-corrected chi connectivity index (χ0v) is 18.3. The highest BCUT2D eigenvalue weighted by molar-refractivity contribution is 7.62. The van der Waals surface area contributed by atoms with Gasteiger partial charge in [-0.25, -0.2) is 4.39 Å². The van der Waals surface area contributed by atoms with E-state index in [1.807, 2.05) is 19.9 Å². The lowest BCUT2D eigenvalue weighted by Gasteiger charge is -2.17. The first-order chi connectivity index (χ1) is 14.6. The maximum Gasteiger partial charge on any atom is 0.310 e. The molecule has 0 aliphatic heterocycles. The van der Waals surface area contributed by atoms with Crippen molar-refractivity contribution in [2.24, 2.45) is 0 Å². The minimum Gasteiger partial charge on any atom is -0.481 e. The number of rotatable bonds is 9. The van der Waals surface area contributed by atoms with E-state index in [1.54, 1.807) is 12.1 Å². The van der Waals surface area contributed by atoms with Crippen molar-refractivity contribution >= 4 is 25.2 Å². The zero-order chi connectivity index (χ0) is 22.8. The third-order valence-corrected chi connectivity index (χ3v) is 6.45. The molecule has 1 aliphatic carbocycles. The van der Waals surface area contributed by atoms with Crippen molar-refractivity contribution in [2.45, 2.75) is 44.9 Å². The molecule has 1 unspecified atom stereocenters. The molecular weight excluding hydrogens is 420 g/mol. The summed E-state index contributed by atoms with van der Waals surface area (Å²) >= 11 is 0. The van der Waals surface area contributed by atoms with Crippen LogP contribution >= 0.6 is 7.37 Å². The molecule has 1 aliphatic rings. The summed E-state index contributed by atoms with van der Waals surface area (Å²) in [5, 5.41) is 8.70. The van der Waals surface area contributed by atoms with Crippen LogP contribution in [0.1, 0.15) is 61.9 Å². The van der Waals surface area contributed by atoms with Crippen LogP contribution in [-0.4, -0.2) is 32.9 Å². The van der Waals surface area contributed by atoms with E-state index in [1.165, 1.54) is 18.2 Å². The van der Waals surface area contributed by atoms with E-state index in [2.05, 4.69) is 0 Å². The number of carboxylic acid groups (broad SMARTS) is 1. The highest BCUT2D eigenvalue weighted by atomic mass is 31.2. The molecule has 1 aromatic heterocycles. The summed E-state index contributed by atoms with van der Waals surface area (Å²) in [5.74, 6) is -1.04. The van der Waals surface area contributed by atoms with Gasteiger partial charge in [-0.2, -0.15) is 0 Å². The number of carbonyl (C=O) groups excluding carboxylic acids is 1. The smallest absolute Gasteiger partial charge is 0.310 e. The minimum atomic E-state index is -4.04. The van der Waals surface area contributed by atoms with Crippen LogP contribution < -0.4 is 0 Å². The van der Waals surface area contributed by atoms with Gasteiger partial charge in [0.25, 0.3) is 0 Å². The van der Waals surface area contributed by atoms with Gasteiger partial charge in [-0.3, -0.25) is 19.1 Å². The van der Waals surface area contributed by atoms with E-state index in [4.69, 9.17) is 10.1 Å². The molecule has 1 heterocycles. The fourth-order valence-corrected chi connectivity index (χ4v) is 4.49. The first-order valence-electron chi connectivity index (χ1n) is 10.1. The summed E-state index contributed by atoms with van der Waals surface area (Å²) in [4.78, 5) is 37.4. The molecule has 3 rings (SSSR count). The molecule has 0 spiro atoms. The largest absolute Gasteiger partial charge is 0.481 e. The number of aromatic nitrogens is 1. The molecule has 2 N–H and O–H groups in total. The standard InChI is InChI=1S/C23H25FNO5P/c1-14(2)23-19(9-10-31(29,30)13-18(26)11-22(27)28)20(12-21(25-23)16-3-4-16)15-5-7-17(24)8-6-15/h5-10,12,14,16H,3-4,11,13H2,1-2H3,(H,27,28)(H,29,30). The van der Waals surface area contributed by atoms with Crippen LogP contribution in [-0.2, 0) is 14.2 Å². The predicted octanol–water partition coefficient (Wildman–Crippen LogP) is 5.17. The Morgan fingerprint density at radius 2 is 1.90 bits per heavy atom. The zero-order valence-electron chi connectivity index (χ0n) is 17.4. The van der Waals surface area contributed by atoms with Gasteiger partial charge in [0, 0.05) is 23.0 Å². The Balaban J connectivity index is 2.05. The number of halogens is 1. The maximum absolute atomic E-state index is 13.5. The topological polar surface area (TPSA) is 105 Å². The average Bonchev–Trinajstić information content (AvgIpc) is 3.50. The van der Waals surface area contributed by atoms with Crippen molar-refractivity contribution in [1.82, 2.24) is 4.98 Å². The van der Waals surface area contributed by atoms with Crippen LogP contribution in [0.15, 0.2) is 36.1 Å². The van der Waals surface area contributed by atoms with Gasteiger partial charge in [-0.15, -0.1) is 0 Å². The van der Waals surface area contributed by atoms with Gasteiger partial charge in [-0.05, 0) is 54.2 Å². The van der Waals surface area contributed by atoms with Crippen molar-refractivity contribution < 1.29 is 28.5 Å². The number of benzene rings is 1. The molecule has 164 valence electrons. The fraction of sp³-hybridized carbons (Fsp3) is 0.348. The molecule has 1 aromatic carbocycles. The molecule has 0 amide bonds. The molecule has 2 aromatic rings. The summed E-state index contributed by atoms with van der Waals surface area (Å²) in [6, 6.07) is 7.96. The van der Waals surface area contributed by atoms with Crippen molar-refractivity contribution in [2.75, 3.05) is 6.16 Å². The summed E-state index contributed by atoms with van der Waals surface area (Å²) in [5.41, 5.74) is 3.85. The van der Waals surface area contributed by atoms with E-state index < -0.39 is 31.7 Å². The van der Waals surface area contributed by atoms with E-state index >= 15 is 0 Å². The normalized spacial score (nSPS) is 15.9. The van der Waals surface area contributed by atoms with Gasteiger partial charge >= 0.3 is 5.97 Å². The predicted molar refractivity (Wildman–Crippen MR) is 117 cm³/mol. The molecule has 0 bridgehead atoms. The maximum atomic E-state index is 13.5. The van der Waals surface area contributed by atoms with Crippen molar-refractivity contribution in [3.63, 3.8) is 0 Å². The average molecular weight is 445 g/mol.